The van der Waals surface area contributed by atoms with E-state index in [1.54, 1.807) is 42.7 Å². The number of hydrogen-bond donors (Lipinski definition) is 1. The molecule has 2 heterocycles. The van der Waals surface area contributed by atoms with Crippen LogP contribution >= 0.6 is 23.2 Å². The molecule has 7 heteroatoms. The molecule has 0 amide bonds. The van der Waals surface area contributed by atoms with Gasteiger partial charge < -0.3 is 9.63 Å². The summed E-state index contributed by atoms with van der Waals surface area (Å²) in [5.74, 6) is 0.429. The maximum atomic E-state index is 10.8. The number of aliphatic hydroxyl groups is 1. The van der Waals surface area contributed by atoms with Crippen molar-refractivity contribution < 1.29 is 9.63 Å². The third kappa shape index (κ3) is 3.51. The summed E-state index contributed by atoms with van der Waals surface area (Å²) in [5.41, 5.74) is 1.89. The molecule has 0 saturated heterocycles. The maximum Gasteiger partial charge on any atom is 0.169 e. The highest BCUT2D eigenvalue weighted by Crippen LogP contribution is 2.36. The molecule has 0 bridgehead atoms. The zero-order valence-corrected chi connectivity index (χ0v) is 16.6. The monoisotopic (exact) mass is 392 g/mol. The normalized spacial score (nSPS) is 13.0. The van der Waals surface area contributed by atoms with Crippen molar-refractivity contribution in [1.29, 1.82) is 0 Å². The van der Waals surface area contributed by atoms with E-state index in [1.165, 1.54) is 0 Å². The van der Waals surface area contributed by atoms with Gasteiger partial charge in [-0.1, -0.05) is 60.1 Å². The van der Waals surface area contributed by atoms with Gasteiger partial charge in [-0.05, 0) is 18.2 Å². The van der Waals surface area contributed by atoms with Crippen LogP contribution in [0.5, 0.6) is 0 Å². The number of rotatable bonds is 4. The van der Waals surface area contributed by atoms with Crippen LogP contribution in [0, 0.1) is 0 Å². The summed E-state index contributed by atoms with van der Waals surface area (Å²) in [6.07, 6.45) is 2.33. The van der Waals surface area contributed by atoms with E-state index in [2.05, 4.69) is 29.8 Å². The molecular formula is C18H18Cl2N2O2Si. The Bertz CT molecular complexity index is 872. The van der Waals surface area contributed by atoms with Crippen LogP contribution in [0.15, 0.2) is 47.2 Å². The zero-order chi connectivity index (χ0) is 18.2. The van der Waals surface area contributed by atoms with Crippen molar-refractivity contribution in [2.75, 3.05) is 0 Å². The van der Waals surface area contributed by atoms with Crippen molar-refractivity contribution in [3.05, 3.63) is 64.1 Å². The lowest BCUT2D eigenvalue weighted by Gasteiger charge is -2.20. The lowest BCUT2D eigenvalue weighted by atomic mass is 10.1. The molecule has 1 unspecified atom stereocenters. The summed E-state index contributed by atoms with van der Waals surface area (Å²) in [5, 5.41) is 17.0. The number of aromatic nitrogens is 2. The third-order valence-electron chi connectivity index (χ3n) is 3.92. The Balaban J connectivity index is 2.22. The van der Waals surface area contributed by atoms with Gasteiger partial charge in [-0.15, -0.1) is 0 Å². The van der Waals surface area contributed by atoms with Crippen molar-refractivity contribution in [2.45, 2.75) is 25.7 Å². The SMILES string of the molecule is C[Si](C)(C)c1c(-c2c(Cl)cccc2Cl)noc1C(O)c1cccnc1. The number of pyridine rings is 1. The van der Waals surface area contributed by atoms with Gasteiger partial charge in [0.2, 0.25) is 0 Å². The van der Waals surface area contributed by atoms with Crippen molar-refractivity contribution in [1.82, 2.24) is 10.1 Å². The van der Waals surface area contributed by atoms with E-state index in [9.17, 15) is 5.11 Å². The Morgan fingerprint density at radius 2 is 1.76 bits per heavy atom. The van der Waals surface area contributed by atoms with Gasteiger partial charge in [0, 0.05) is 28.7 Å². The molecule has 0 aliphatic rings. The van der Waals surface area contributed by atoms with E-state index in [4.69, 9.17) is 27.7 Å². The molecule has 0 radical (unpaired) electrons. The highest BCUT2D eigenvalue weighted by molar-refractivity contribution is 6.90. The summed E-state index contributed by atoms with van der Waals surface area (Å²) in [6, 6.07) is 8.89. The summed E-state index contributed by atoms with van der Waals surface area (Å²) >= 11 is 12.7. The van der Waals surface area contributed by atoms with Gasteiger partial charge in [-0.3, -0.25) is 4.98 Å². The van der Waals surface area contributed by atoms with Gasteiger partial charge in [0.1, 0.15) is 11.8 Å². The topological polar surface area (TPSA) is 59.2 Å². The van der Waals surface area contributed by atoms with Crippen molar-refractivity contribution in [3.8, 4) is 11.3 Å². The van der Waals surface area contributed by atoms with Crippen molar-refractivity contribution >= 4 is 36.5 Å². The molecule has 130 valence electrons. The van der Waals surface area contributed by atoms with Gasteiger partial charge in [-0.2, -0.15) is 0 Å². The molecule has 1 N–H and O–H groups in total. The molecule has 2 aromatic heterocycles. The predicted octanol–water partition coefficient (Wildman–Crippen LogP) is 4.67. The fourth-order valence-corrected chi connectivity index (χ4v) is 5.18. The Hall–Kier alpha value is -1.66. The van der Waals surface area contributed by atoms with E-state index >= 15 is 0 Å². The number of hydrogen-bond acceptors (Lipinski definition) is 4. The second-order valence-corrected chi connectivity index (χ2v) is 12.6. The second-order valence-electron chi connectivity index (χ2n) is 6.81. The molecule has 3 rings (SSSR count). The minimum absolute atomic E-state index is 0.429. The van der Waals surface area contributed by atoms with Gasteiger partial charge >= 0.3 is 0 Å². The van der Waals surface area contributed by atoms with Crippen LogP contribution < -0.4 is 5.19 Å². The maximum absolute atomic E-state index is 10.8. The first-order valence-electron chi connectivity index (χ1n) is 7.83. The first-order chi connectivity index (χ1) is 11.8. The number of aliphatic hydroxyl groups excluding tert-OH is 1. The summed E-state index contributed by atoms with van der Waals surface area (Å²) in [4.78, 5) is 4.06. The molecule has 0 saturated carbocycles. The number of benzene rings is 1. The van der Waals surface area contributed by atoms with E-state index in [1.807, 2.05) is 0 Å². The largest absolute Gasteiger partial charge is 0.380 e. The van der Waals surface area contributed by atoms with Crippen LogP contribution in [0.3, 0.4) is 0 Å². The summed E-state index contributed by atoms with van der Waals surface area (Å²) < 4.78 is 5.59. The van der Waals surface area contributed by atoms with Gasteiger partial charge in [0.15, 0.2) is 5.76 Å². The van der Waals surface area contributed by atoms with E-state index in [0.29, 0.717) is 32.6 Å². The molecule has 4 nitrogen and oxygen atoms in total. The fourth-order valence-electron chi connectivity index (χ4n) is 2.80. The minimum atomic E-state index is -1.95. The van der Waals surface area contributed by atoms with Crippen LogP contribution in [0.2, 0.25) is 29.7 Å². The summed E-state index contributed by atoms with van der Waals surface area (Å²) in [6.45, 7) is 6.48. The van der Waals surface area contributed by atoms with Gasteiger partial charge in [0.05, 0.1) is 18.1 Å². The molecule has 0 aliphatic carbocycles. The van der Waals surface area contributed by atoms with Crippen LogP contribution in [0.4, 0.5) is 0 Å². The zero-order valence-electron chi connectivity index (χ0n) is 14.1. The Kier molecular flexibility index (Phi) is 5.02. The second kappa shape index (κ2) is 6.92. The predicted molar refractivity (Wildman–Crippen MR) is 103 cm³/mol. The first kappa shape index (κ1) is 18.1. The number of nitrogens with zero attached hydrogens (tertiary/aromatic N) is 2. The lowest BCUT2D eigenvalue weighted by Crippen LogP contribution is -2.41. The molecule has 0 fully saturated rings. The average Bonchev–Trinajstić information content (AvgIpc) is 3.00. The Morgan fingerprint density at radius 1 is 1.08 bits per heavy atom. The fraction of sp³-hybridized carbons (Fsp3) is 0.222. The standard InChI is InChI=1S/C18H18Cl2N2O2Si/c1-25(2,3)18-15(14-12(19)7-4-8-13(14)20)22-24-17(18)16(23)11-6-5-9-21-10-11/h4-10,16,23H,1-3H3. The smallest absolute Gasteiger partial charge is 0.169 e. The van der Waals surface area contributed by atoms with Crippen LogP contribution in [-0.2, 0) is 0 Å². The molecule has 1 aromatic carbocycles. The molecule has 3 aromatic rings. The highest BCUT2D eigenvalue weighted by atomic mass is 35.5. The van der Waals surface area contributed by atoms with Crippen LogP contribution in [0.1, 0.15) is 17.4 Å². The molecular weight excluding hydrogens is 375 g/mol. The van der Waals surface area contributed by atoms with Crippen molar-refractivity contribution in [2.24, 2.45) is 0 Å². The van der Waals surface area contributed by atoms with Crippen LogP contribution in [-0.4, -0.2) is 23.3 Å². The van der Waals surface area contributed by atoms with Gasteiger partial charge in [-0.25, -0.2) is 0 Å². The molecule has 0 spiro atoms. The lowest BCUT2D eigenvalue weighted by molar-refractivity contribution is 0.177. The van der Waals surface area contributed by atoms with E-state index < -0.39 is 14.2 Å². The van der Waals surface area contributed by atoms with E-state index in [0.717, 1.165) is 5.19 Å². The van der Waals surface area contributed by atoms with E-state index in [-0.39, 0.29) is 0 Å². The average molecular weight is 393 g/mol. The molecule has 1 atom stereocenters. The highest BCUT2D eigenvalue weighted by Gasteiger charge is 2.34. The third-order valence-corrected chi connectivity index (χ3v) is 6.53. The molecule has 25 heavy (non-hydrogen) atoms. The number of halogens is 2. The van der Waals surface area contributed by atoms with Crippen molar-refractivity contribution in [3.63, 3.8) is 0 Å². The summed E-state index contributed by atoms with van der Waals surface area (Å²) in [7, 11) is -1.95. The Labute approximate surface area is 157 Å². The Morgan fingerprint density at radius 3 is 2.32 bits per heavy atom. The minimum Gasteiger partial charge on any atom is -0.380 e. The molecule has 0 aliphatic heterocycles. The van der Waals surface area contributed by atoms with Crippen LogP contribution in [0.25, 0.3) is 11.3 Å². The van der Waals surface area contributed by atoms with Gasteiger partial charge in [0.25, 0.3) is 0 Å². The first-order valence-corrected chi connectivity index (χ1v) is 12.1. The quantitative estimate of drug-likeness (QED) is 0.655.